The van der Waals surface area contributed by atoms with Crippen LogP contribution in [0.4, 0.5) is 0 Å². The molecular formula is C11H15ClN2S. The van der Waals surface area contributed by atoms with Gasteiger partial charge in [-0.15, -0.1) is 0 Å². The molecule has 0 aromatic rings. The summed E-state index contributed by atoms with van der Waals surface area (Å²) in [5, 5.41) is 0.838. The highest BCUT2D eigenvalue weighted by atomic mass is 35.5. The zero-order valence-electron chi connectivity index (χ0n) is 8.88. The largest absolute Gasteiger partial charge is 0.401 e. The second-order valence-electron chi connectivity index (χ2n) is 3.16. The molecule has 1 aliphatic rings. The first-order valence-electron chi connectivity index (χ1n) is 4.68. The van der Waals surface area contributed by atoms with Gasteiger partial charge in [0.25, 0.3) is 0 Å². The summed E-state index contributed by atoms with van der Waals surface area (Å²) in [7, 11) is 1.87. The van der Waals surface area contributed by atoms with Gasteiger partial charge in [0, 0.05) is 22.1 Å². The standard InChI is InChI=1S/C11H15ClN2S/c1-8(13)11(15-14-2)9-4-3-5-10(12)7-6-9/h3-4,6-7,14H,5,13H2,1-2H3/b11-8-. The molecule has 0 aromatic heterocycles. The van der Waals surface area contributed by atoms with Crippen molar-refractivity contribution in [2.45, 2.75) is 13.3 Å². The molecule has 4 heteroatoms. The van der Waals surface area contributed by atoms with Gasteiger partial charge in [-0.25, -0.2) is 0 Å². The minimum atomic E-state index is 0.780. The van der Waals surface area contributed by atoms with E-state index in [9.17, 15) is 0 Å². The molecule has 0 saturated heterocycles. The number of rotatable bonds is 3. The minimum Gasteiger partial charge on any atom is -0.401 e. The van der Waals surface area contributed by atoms with Crippen molar-refractivity contribution in [1.82, 2.24) is 4.72 Å². The van der Waals surface area contributed by atoms with E-state index in [4.69, 9.17) is 17.3 Å². The van der Waals surface area contributed by atoms with Crippen LogP contribution in [0.2, 0.25) is 0 Å². The third-order valence-electron chi connectivity index (χ3n) is 1.88. The number of hydrogen-bond acceptors (Lipinski definition) is 3. The molecule has 0 bridgehead atoms. The molecule has 1 rings (SSSR count). The van der Waals surface area contributed by atoms with Crippen molar-refractivity contribution < 1.29 is 0 Å². The average Bonchev–Trinajstić information content (AvgIpc) is 2.39. The maximum atomic E-state index is 5.94. The summed E-state index contributed by atoms with van der Waals surface area (Å²) in [6.45, 7) is 1.89. The quantitative estimate of drug-likeness (QED) is 0.747. The van der Waals surface area contributed by atoms with E-state index >= 15 is 0 Å². The van der Waals surface area contributed by atoms with E-state index in [1.54, 1.807) is 0 Å². The molecule has 3 N–H and O–H groups in total. The lowest BCUT2D eigenvalue weighted by Crippen LogP contribution is -2.02. The van der Waals surface area contributed by atoms with Gasteiger partial charge in [0.05, 0.1) is 0 Å². The number of nitrogens with one attached hydrogen (secondary N) is 1. The van der Waals surface area contributed by atoms with Crippen LogP contribution >= 0.6 is 23.5 Å². The van der Waals surface area contributed by atoms with Crippen LogP contribution in [0, 0.1) is 0 Å². The normalized spacial score (nSPS) is 17.8. The predicted octanol–water partition coefficient (Wildman–Crippen LogP) is 3.05. The highest BCUT2D eigenvalue weighted by Crippen LogP contribution is 2.27. The lowest BCUT2D eigenvalue weighted by Gasteiger charge is -2.08. The Bertz CT molecular complexity index is 350. The van der Waals surface area contributed by atoms with Crippen LogP contribution < -0.4 is 10.5 Å². The summed E-state index contributed by atoms with van der Waals surface area (Å²) >= 11 is 7.46. The Morgan fingerprint density at radius 3 is 2.87 bits per heavy atom. The van der Waals surface area contributed by atoms with Gasteiger partial charge in [0.15, 0.2) is 0 Å². The molecule has 0 saturated carbocycles. The van der Waals surface area contributed by atoms with Gasteiger partial charge in [-0.2, -0.15) is 0 Å². The molecule has 0 amide bonds. The highest BCUT2D eigenvalue weighted by Gasteiger charge is 2.06. The lowest BCUT2D eigenvalue weighted by molar-refractivity contribution is 1.26. The fourth-order valence-electron chi connectivity index (χ4n) is 1.22. The van der Waals surface area contributed by atoms with Gasteiger partial charge in [-0.3, -0.25) is 4.72 Å². The molecule has 0 aromatic carbocycles. The van der Waals surface area contributed by atoms with Crippen LogP contribution in [-0.2, 0) is 0 Å². The van der Waals surface area contributed by atoms with Gasteiger partial charge in [0.2, 0.25) is 0 Å². The Morgan fingerprint density at radius 2 is 2.27 bits per heavy atom. The second kappa shape index (κ2) is 6.05. The van der Waals surface area contributed by atoms with Crippen molar-refractivity contribution in [2.75, 3.05) is 7.05 Å². The number of halogens is 1. The summed E-state index contributed by atoms with van der Waals surface area (Å²) in [6, 6.07) is 0. The van der Waals surface area contributed by atoms with Crippen LogP contribution in [0.15, 0.2) is 45.5 Å². The summed E-state index contributed by atoms with van der Waals surface area (Å²) in [5.41, 5.74) is 7.72. The van der Waals surface area contributed by atoms with Gasteiger partial charge < -0.3 is 5.73 Å². The number of hydrogen-bond donors (Lipinski definition) is 2. The monoisotopic (exact) mass is 242 g/mol. The molecule has 0 spiro atoms. The van der Waals surface area contributed by atoms with Crippen LogP contribution in [-0.4, -0.2) is 7.05 Å². The fraction of sp³-hybridized carbons (Fsp3) is 0.273. The highest BCUT2D eigenvalue weighted by molar-refractivity contribution is 8.01. The molecule has 0 heterocycles. The summed E-state index contributed by atoms with van der Waals surface area (Å²) in [4.78, 5) is 1.04. The Kier molecular flexibility index (Phi) is 5.02. The SMILES string of the molecule is CNS/C(C1=CC=C(Cl)CC=C1)=C(/C)N. The molecule has 0 radical (unpaired) electrons. The number of nitrogens with two attached hydrogens (primary N) is 1. The van der Waals surface area contributed by atoms with E-state index < -0.39 is 0 Å². The van der Waals surface area contributed by atoms with Crippen molar-refractivity contribution in [3.8, 4) is 0 Å². The smallest absolute Gasteiger partial charge is 0.0484 e. The molecule has 15 heavy (non-hydrogen) atoms. The van der Waals surface area contributed by atoms with Crippen LogP contribution in [0.5, 0.6) is 0 Å². The van der Waals surface area contributed by atoms with Crippen molar-refractivity contribution in [3.05, 3.63) is 45.5 Å². The topological polar surface area (TPSA) is 38.0 Å². The lowest BCUT2D eigenvalue weighted by atomic mass is 10.2. The van der Waals surface area contributed by atoms with Crippen LogP contribution in [0.25, 0.3) is 0 Å². The Balaban J connectivity index is 3.00. The van der Waals surface area contributed by atoms with Gasteiger partial charge in [-0.1, -0.05) is 29.8 Å². The molecule has 0 aliphatic heterocycles. The summed E-state index contributed by atoms with van der Waals surface area (Å²) < 4.78 is 3.03. The summed E-state index contributed by atoms with van der Waals surface area (Å²) in [6.07, 6.45) is 8.76. The predicted molar refractivity (Wildman–Crippen MR) is 69.3 cm³/mol. The Labute approximate surface area is 100 Å². The average molecular weight is 243 g/mol. The molecule has 2 nitrogen and oxygen atoms in total. The van der Waals surface area contributed by atoms with Crippen molar-refractivity contribution in [3.63, 3.8) is 0 Å². The van der Waals surface area contributed by atoms with E-state index in [2.05, 4.69) is 4.72 Å². The van der Waals surface area contributed by atoms with E-state index in [0.717, 1.165) is 27.6 Å². The van der Waals surface area contributed by atoms with Crippen molar-refractivity contribution in [1.29, 1.82) is 0 Å². The maximum absolute atomic E-state index is 5.94. The fourth-order valence-corrected chi connectivity index (χ4v) is 1.99. The molecule has 0 fully saturated rings. The van der Waals surface area contributed by atoms with Crippen LogP contribution in [0.3, 0.4) is 0 Å². The summed E-state index contributed by atoms with van der Waals surface area (Å²) in [5.74, 6) is 0. The first-order chi connectivity index (χ1) is 7.15. The third-order valence-corrected chi connectivity index (χ3v) is 3.12. The third kappa shape index (κ3) is 3.78. The number of allylic oxidation sites excluding steroid dienone is 7. The molecule has 82 valence electrons. The van der Waals surface area contributed by atoms with Gasteiger partial charge in [-0.05, 0) is 37.6 Å². The molecule has 0 atom stereocenters. The Morgan fingerprint density at radius 1 is 1.53 bits per heavy atom. The zero-order chi connectivity index (χ0) is 11.3. The second-order valence-corrected chi connectivity index (χ2v) is 4.67. The van der Waals surface area contributed by atoms with Gasteiger partial charge >= 0.3 is 0 Å². The van der Waals surface area contributed by atoms with Gasteiger partial charge in [0.1, 0.15) is 0 Å². The van der Waals surface area contributed by atoms with E-state index in [1.165, 1.54) is 11.9 Å². The molecule has 0 unspecified atom stereocenters. The minimum absolute atomic E-state index is 0.780. The first kappa shape index (κ1) is 12.4. The Hall–Kier alpha value is -0.640. The van der Waals surface area contributed by atoms with Crippen LogP contribution in [0.1, 0.15) is 13.3 Å². The molecular weight excluding hydrogens is 228 g/mol. The van der Waals surface area contributed by atoms with Crippen molar-refractivity contribution >= 4 is 23.5 Å². The maximum Gasteiger partial charge on any atom is 0.0484 e. The first-order valence-corrected chi connectivity index (χ1v) is 5.87. The zero-order valence-corrected chi connectivity index (χ0v) is 10.5. The van der Waals surface area contributed by atoms with E-state index in [0.29, 0.717) is 0 Å². The van der Waals surface area contributed by atoms with E-state index in [-0.39, 0.29) is 0 Å². The van der Waals surface area contributed by atoms with Crippen molar-refractivity contribution in [2.24, 2.45) is 5.73 Å². The molecule has 1 aliphatic carbocycles. The van der Waals surface area contributed by atoms with E-state index in [1.807, 2.05) is 38.3 Å².